The van der Waals surface area contributed by atoms with Crippen LogP contribution in [0.2, 0.25) is 0 Å². The van der Waals surface area contributed by atoms with E-state index in [1.54, 1.807) is 0 Å². The lowest BCUT2D eigenvalue weighted by Crippen LogP contribution is -2.43. The van der Waals surface area contributed by atoms with Crippen molar-refractivity contribution in [2.24, 2.45) is 0 Å². The number of nitrogens with one attached hydrogen (secondary N) is 1. The Morgan fingerprint density at radius 1 is 1.25 bits per heavy atom. The van der Waals surface area contributed by atoms with Gasteiger partial charge in [0.15, 0.2) is 0 Å². The number of ether oxygens (including phenoxy) is 3. The van der Waals surface area contributed by atoms with Crippen molar-refractivity contribution in [2.75, 3.05) is 13.7 Å². The van der Waals surface area contributed by atoms with E-state index in [1.807, 2.05) is 4.98 Å². The molecule has 134 valence electrons. The van der Waals surface area contributed by atoms with Gasteiger partial charge in [0.25, 0.3) is 5.56 Å². The average Bonchev–Trinajstić information content (AvgIpc) is 2.49. The zero-order chi connectivity index (χ0) is 18.3. The molecule has 0 radical (unpaired) electrons. The highest BCUT2D eigenvalue weighted by molar-refractivity contribution is 5.66. The Bertz CT molecular complexity index is 693. The number of nitrogens with zero attached hydrogens (tertiary/aromatic N) is 1. The van der Waals surface area contributed by atoms with Crippen LogP contribution in [0.4, 0.5) is 0 Å². The SMILES string of the molecule is COC(COC(C)=O)[C@H](Cn1cc(CO)c(=O)[nH]c1=O)OC(C)=O. The molecule has 1 rings (SSSR count). The van der Waals surface area contributed by atoms with Crippen LogP contribution in [0, 0.1) is 0 Å². The smallest absolute Gasteiger partial charge is 0.328 e. The summed E-state index contributed by atoms with van der Waals surface area (Å²) in [5.74, 6) is -1.16. The van der Waals surface area contributed by atoms with Gasteiger partial charge in [0, 0.05) is 27.2 Å². The van der Waals surface area contributed by atoms with E-state index in [-0.39, 0.29) is 18.7 Å². The zero-order valence-corrected chi connectivity index (χ0v) is 13.6. The zero-order valence-electron chi connectivity index (χ0n) is 13.6. The molecular weight excluding hydrogens is 324 g/mol. The van der Waals surface area contributed by atoms with E-state index >= 15 is 0 Å². The third-order valence-electron chi connectivity index (χ3n) is 3.12. The maximum Gasteiger partial charge on any atom is 0.328 e. The molecule has 0 aliphatic heterocycles. The van der Waals surface area contributed by atoms with E-state index < -0.39 is 42.0 Å². The fourth-order valence-electron chi connectivity index (χ4n) is 1.97. The Morgan fingerprint density at radius 2 is 1.92 bits per heavy atom. The minimum atomic E-state index is -0.956. The Kier molecular flexibility index (Phi) is 7.33. The number of esters is 2. The number of H-pyrrole nitrogens is 1. The van der Waals surface area contributed by atoms with E-state index in [9.17, 15) is 19.2 Å². The highest BCUT2D eigenvalue weighted by Gasteiger charge is 2.26. The lowest BCUT2D eigenvalue weighted by Gasteiger charge is -2.25. The number of carbonyl (C=O) groups excluding carboxylic acids is 2. The first-order valence-electron chi connectivity index (χ1n) is 7.05. The monoisotopic (exact) mass is 344 g/mol. The van der Waals surface area contributed by atoms with Crippen LogP contribution in [0.3, 0.4) is 0 Å². The Hall–Kier alpha value is -2.46. The number of aliphatic hydroxyl groups is 1. The summed E-state index contributed by atoms with van der Waals surface area (Å²) in [6.07, 6.45) is -0.618. The van der Waals surface area contributed by atoms with Crippen molar-refractivity contribution in [3.63, 3.8) is 0 Å². The molecule has 10 nitrogen and oxygen atoms in total. The number of hydrogen-bond acceptors (Lipinski definition) is 8. The molecule has 0 bridgehead atoms. The number of hydrogen-bond donors (Lipinski definition) is 2. The van der Waals surface area contributed by atoms with Crippen LogP contribution in [-0.4, -0.2) is 52.5 Å². The van der Waals surface area contributed by atoms with Crippen molar-refractivity contribution in [1.82, 2.24) is 9.55 Å². The molecule has 0 amide bonds. The summed E-state index contributed by atoms with van der Waals surface area (Å²) in [5, 5.41) is 9.11. The average molecular weight is 344 g/mol. The highest BCUT2D eigenvalue weighted by atomic mass is 16.6. The second-order valence-electron chi connectivity index (χ2n) is 4.95. The summed E-state index contributed by atoms with van der Waals surface area (Å²) in [6.45, 7) is 1.49. The summed E-state index contributed by atoms with van der Waals surface area (Å²) in [4.78, 5) is 47.6. The molecule has 0 spiro atoms. The third kappa shape index (κ3) is 5.63. The molecule has 0 saturated carbocycles. The molecule has 0 fully saturated rings. The predicted octanol–water partition coefficient (Wildman–Crippen LogP) is -1.46. The van der Waals surface area contributed by atoms with E-state index in [2.05, 4.69) is 0 Å². The molecule has 10 heteroatoms. The second kappa shape index (κ2) is 8.99. The van der Waals surface area contributed by atoms with E-state index in [4.69, 9.17) is 19.3 Å². The van der Waals surface area contributed by atoms with E-state index in [1.165, 1.54) is 21.0 Å². The largest absolute Gasteiger partial charge is 0.463 e. The van der Waals surface area contributed by atoms with Gasteiger partial charge in [-0.15, -0.1) is 0 Å². The first-order chi connectivity index (χ1) is 11.3. The first-order valence-corrected chi connectivity index (χ1v) is 7.05. The molecule has 2 atom stereocenters. The van der Waals surface area contributed by atoms with Crippen LogP contribution in [0.25, 0.3) is 0 Å². The maximum atomic E-state index is 11.9. The molecule has 0 aromatic carbocycles. The number of aliphatic hydroxyl groups excluding tert-OH is 1. The van der Waals surface area contributed by atoms with Crippen LogP contribution in [-0.2, 0) is 37.0 Å². The normalized spacial score (nSPS) is 13.2. The molecule has 1 heterocycles. The van der Waals surface area contributed by atoms with Gasteiger partial charge in [-0.1, -0.05) is 0 Å². The van der Waals surface area contributed by atoms with Crippen LogP contribution in [0.1, 0.15) is 19.4 Å². The fourth-order valence-corrected chi connectivity index (χ4v) is 1.97. The molecule has 0 aliphatic rings. The number of aromatic amines is 1. The van der Waals surface area contributed by atoms with Crippen molar-refractivity contribution in [2.45, 2.75) is 39.2 Å². The molecule has 1 unspecified atom stereocenters. The number of methoxy groups -OCH3 is 1. The molecule has 0 saturated heterocycles. The molecular formula is C14H20N2O8. The van der Waals surface area contributed by atoms with Gasteiger partial charge < -0.3 is 19.3 Å². The van der Waals surface area contributed by atoms with Gasteiger partial charge in [0.2, 0.25) is 0 Å². The Labute approximate surface area is 137 Å². The summed E-state index contributed by atoms with van der Waals surface area (Å²) in [7, 11) is 1.33. The second-order valence-corrected chi connectivity index (χ2v) is 4.95. The Morgan fingerprint density at radius 3 is 2.42 bits per heavy atom. The van der Waals surface area contributed by atoms with Crippen molar-refractivity contribution < 1.29 is 28.9 Å². The highest BCUT2D eigenvalue weighted by Crippen LogP contribution is 2.08. The van der Waals surface area contributed by atoms with Crippen molar-refractivity contribution in [1.29, 1.82) is 0 Å². The molecule has 2 N–H and O–H groups in total. The van der Waals surface area contributed by atoms with E-state index in [0.717, 1.165) is 10.8 Å². The molecule has 1 aromatic heterocycles. The standard InChI is InChI=1S/C14H20N2O8/c1-8(18)23-7-12(22-3)11(24-9(2)19)5-16-4-10(6-17)13(20)15-14(16)21/h4,11-12,17H,5-7H2,1-3H3,(H,15,20,21)/t11-,12?/m0/s1. The van der Waals surface area contributed by atoms with Gasteiger partial charge in [-0.2, -0.15) is 0 Å². The molecule has 24 heavy (non-hydrogen) atoms. The van der Waals surface area contributed by atoms with Gasteiger partial charge in [-0.05, 0) is 0 Å². The Balaban J connectivity index is 3.08. The number of rotatable bonds is 8. The van der Waals surface area contributed by atoms with Crippen molar-refractivity contribution >= 4 is 11.9 Å². The van der Waals surface area contributed by atoms with Gasteiger partial charge in [0.05, 0.1) is 18.7 Å². The predicted molar refractivity (Wildman–Crippen MR) is 80.2 cm³/mol. The van der Waals surface area contributed by atoms with E-state index in [0.29, 0.717) is 0 Å². The third-order valence-corrected chi connectivity index (χ3v) is 3.12. The first kappa shape index (κ1) is 19.6. The van der Waals surface area contributed by atoms with Gasteiger partial charge in [-0.25, -0.2) is 4.79 Å². The van der Waals surface area contributed by atoms with Crippen molar-refractivity contribution in [3.8, 4) is 0 Å². The lowest BCUT2D eigenvalue weighted by atomic mass is 10.2. The summed E-state index contributed by atoms with van der Waals surface area (Å²) >= 11 is 0. The van der Waals surface area contributed by atoms with Crippen LogP contribution >= 0.6 is 0 Å². The van der Waals surface area contributed by atoms with Crippen LogP contribution in [0.15, 0.2) is 15.8 Å². The topological polar surface area (TPSA) is 137 Å². The minimum absolute atomic E-state index is 0.0230. The fraction of sp³-hybridized carbons (Fsp3) is 0.571. The summed E-state index contributed by atoms with van der Waals surface area (Å²) in [5.41, 5.74) is -1.46. The molecule has 0 aliphatic carbocycles. The quantitative estimate of drug-likeness (QED) is 0.546. The van der Waals surface area contributed by atoms with Gasteiger partial charge in [0.1, 0.15) is 18.8 Å². The van der Waals surface area contributed by atoms with Crippen molar-refractivity contribution in [3.05, 3.63) is 32.6 Å². The van der Waals surface area contributed by atoms with Crippen LogP contribution < -0.4 is 11.2 Å². The number of carbonyl (C=O) groups is 2. The van der Waals surface area contributed by atoms with Gasteiger partial charge in [-0.3, -0.25) is 23.9 Å². The minimum Gasteiger partial charge on any atom is -0.463 e. The summed E-state index contributed by atoms with van der Waals surface area (Å²) < 4.78 is 16.2. The molecule has 1 aromatic rings. The maximum absolute atomic E-state index is 11.9. The summed E-state index contributed by atoms with van der Waals surface area (Å²) in [6, 6.07) is 0. The lowest BCUT2D eigenvalue weighted by molar-refractivity contribution is -0.161. The number of aromatic nitrogens is 2. The van der Waals surface area contributed by atoms with Crippen LogP contribution in [0.5, 0.6) is 0 Å². The van der Waals surface area contributed by atoms with Gasteiger partial charge >= 0.3 is 17.6 Å².